The zero-order valence-corrected chi connectivity index (χ0v) is 17.4. The van der Waals surface area contributed by atoms with Gasteiger partial charge in [-0.05, 0) is 55.0 Å². The maximum Gasteiger partial charge on any atom is 0.272 e. The van der Waals surface area contributed by atoms with Crippen LogP contribution in [-0.2, 0) is 19.3 Å². The van der Waals surface area contributed by atoms with Gasteiger partial charge in [-0.3, -0.25) is 9.48 Å². The van der Waals surface area contributed by atoms with Crippen molar-refractivity contribution in [3.8, 4) is 11.1 Å². The number of aryl methyl sites for hydroxylation is 1. The molecule has 1 saturated carbocycles. The largest absolute Gasteiger partial charge is 0.347 e. The fraction of sp³-hybridized carbons (Fsp3) is 0.318. The molecule has 1 amide bonds. The van der Waals surface area contributed by atoms with E-state index in [0.717, 1.165) is 18.4 Å². The van der Waals surface area contributed by atoms with Gasteiger partial charge in [0.05, 0.1) is 6.20 Å². The summed E-state index contributed by atoms with van der Waals surface area (Å²) in [6, 6.07) is 4.56. The van der Waals surface area contributed by atoms with Crippen molar-refractivity contribution in [1.29, 1.82) is 0 Å². The minimum absolute atomic E-state index is 0.0687. The summed E-state index contributed by atoms with van der Waals surface area (Å²) >= 11 is 0. The van der Waals surface area contributed by atoms with E-state index >= 15 is 4.39 Å². The number of H-pyrrole nitrogens is 1. The van der Waals surface area contributed by atoms with Gasteiger partial charge < -0.3 is 10.3 Å². The maximum absolute atomic E-state index is 15.1. The minimum atomic E-state index is -1.53. The number of carbonyl (C=O) groups is 1. The molecular weight excluding hydrogens is 416 g/mol. The average molecular weight is 437 g/mol. The summed E-state index contributed by atoms with van der Waals surface area (Å²) in [6.07, 6.45) is 7.02. The molecule has 0 aliphatic heterocycles. The first-order valence-electron chi connectivity index (χ1n) is 10.4. The number of benzene rings is 1. The van der Waals surface area contributed by atoms with Gasteiger partial charge in [-0.2, -0.15) is 5.10 Å². The standard InChI is InChI=1S/C22H21F2N7O/c1-31-11-15(10-28-31)14-6-13(7-16(23)8-14)9-25-20(32)18-17-19(27-12-26-18)30-21(29-17)22(24)4-2-3-5-22/h6-8,10-12H,2-5,9H2,1H3,(H,25,32)(H,26,27,29,30). The van der Waals surface area contributed by atoms with Crippen molar-refractivity contribution in [1.82, 2.24) is 35.0 Å². The van der Waals surface area contributed by atoms with E-state index in [-0.39, 0.29) is 23.7 Å². The van der Waals surface area contributed by atoms with Crippen LogP contribution in [0.25, 0.3) is 22.3 Å². The van der Waals surface area contributed by atoms with E-state index in [0.29, 0.717) is 29.5 Å². The Labute approximate surface area is 182 Å². The Balaban J connectivity index is 1.38. The molecule has 32 heavy (non-hydrogen) atoms. The SMILES string of the molecule is Cn1cc(-c2cc(F)cc(CNC(=O)c3ncnc4nc(C5(F)CCCC5)[nH]c34)c2)cn1. The lowest BCUT2D eigenvalue weighted by molar-refractivity contribution is 0.0947. The number of nitrogens with one attached hydrogen (secondary N) is 2. The number of fused-ring (bicyclic) bond motifs is 1. The van der Waals surface area contributed by atoms with Crippen LogP contribution in [0, 0.1) is 5.82 Å². The molecule has 3 heterocycles. The van der Waals surface area contributed by atoms with Crippen molar-refractivity contribution in [2.45, 2.75) is 37.9 Å². The lowest BCUT2D eigenvalue weighted by Gasteiger charge is -2.14. The van der Waals surface area contributed by atoms with Crippen LogP contribution in [0.2, 0.25) is 0 Å². The number of amides is 1. The fourth-order valence-corrected chi connectivity index (χ4v) is 4.14. The number of halogens is 2. The van der Waals surface area contributed by atoms with Crippen molar-refractivity contribution >= 4 is 17.1 Å². The smallest absolute Gasteiger partial charge is 0.272 e. The Bertz CT molecular complexity index is 1310. The van der Waals surface area contributed by atoms with Crippen LogP contribution in [0.1, 0.15) is 47.6 Å². The van der Waals surface area contributed by atoms with Crippen LogP contribution in [0.15, 0.2) is 36.9 Å². The number of hydrogen-bond donors (Lipinski definition) is 2. The summed E-state index contributed by atoms with van der Waals surface area (Å²) in [7, 11) is 1.78. The van der Waals surface area contributed by atoms with Gasteiger partial charge in [-0.1, -0.05) is 0 Å². The first-order valence-corrected chi connectivity index (χ1v) is 10.4. The Morgan fingerprint density at radius 3 is 2.78 bits per heavy atom. The maximum atomic E-state index is 15.1. The van der Waals surface area contributed by atoms with Crippen molar-refractivity contribution in [2.24, 2.45) is 7.05 Å². The highest BCUT2D eigenvalue weighted by Crippen LogP contribution is 2.41. The Morgan fingerprint density at radius 1 is 1.22 bits per heavy atom. The Kier molecular flexibility index (Phi) is 4.91. The third-order valence-electron chi connectivity index (χ3n) is 5.77. The zero-order chi connectivity index (χ0) is 22.3. The summed E-state index contributed by atoms with van der Waals surface area (Å²) in [6.45, 7) is 0.0867. The van der Waals surface area contributed by atoms with Crippen LogP contribution in [-0.4, -0.2) is 35.6 Å². The monoisotopic (exact) mass is 437 g/mol. The summed E-state index contributed by atoms with van der Waals surface area (Å²) in [5, 5.41) is 6.85. The summed E-state index contributed by atoms with van der Waals surface area (Å²) in [5.41, 5.74) is 1.09. The van der Waals surface area contributed by atoms with E-state index in [9.17, 15) is 9.18 Å². The molecule has 0 unspecified atom stereocenters. The zero-order valence-electron chi connectivity index (χ0n) is 17.4. The molecule has 1 aliphatic rings. The second-order valence-corrected chi connectivity index (χ2v) is 8.11. The van der Waals surface area contributed by atoms with E-state index in [4.69, 9.17) is 0 Å². The van der Waals surface area contributed by atoms with E-state index < -0.39 is 17.4 Å². The van der Waals surface area contributed by atoms with E-state index in [1.807, 2.05) is 0 Å². The Morgan fingerprint density at radius 2 is 2.03 bits per heavy atom. The molecule has 3 aromatic heterocycles. The number of hydrogen-bond acceptors (Lipinski definition) is 5. The first-order chi connectivity index (χ1) is 15.4. The van der Waals surface area contributed by atoms with Crippen molar-refractivity contribution in [3.05, 3.63) is 59.8 Å². The highest BCUT2D eigenvalue weighted by Gasteiger charge is 2.39. The number of nitrogens with zero attached hydrogens (tertiary/aromatic N) is 5. The van der Waals surface area contributed by atoms with Gasteiger partial charge in [0.2, 0.25) is 0 Å². The molecular formula is C22H21F2N7O. The van der Waals surface area contributed by atoms with E-state index in [2.05, 4.69) is 30.4 Å². The molecule has 0 saturated heterocycles. The molecule has 2 N–H and O–H groups in total. The highest BCUT2D eigenvalue weighted by molar-refractivity contribution is 6.02. The predicted octanol–water partition coefficient (Wildman–Crippen LogP) is 3.56. The molecule has 4 aromatic rings. The van der Waals surface area contributed by atoms with Gasteiger partial charge in [0.15, 0.2) is 17.0 Å². The molecule has 0 radical (unpaired) electrons. The predicted molar refractivity (Wildman–Crippen MR) is 113 cm³/mol. The fourth-order valence-electron chi connectivity index (χ4n) is 4.14. The molecule has 10 heteroatoms. The van der Waals surface area contributed by atoms with Crippen LogP contribution < -0.4 is 5.32 Å². The van der Waals surface area contributed by atoms with Gasteiger partial charge >= 0.3 is 0 Å². The van der Waals surface area contributed by atoms with Crippen molar-refractivity contribution in [2.75, 3.05) is 0 Å². The first kappa shape index (κ1) is 20.2. The van der Waals surface area contributed by atoms with Crippen LogP contribution in [0.5, 0.6) is 0 Å². The molecule has 164 valence electrons. The quantitative estimate of drug-likeness (QED) is 0.497. The minimum Gasteiger partial charge on any atom is -0.347 e. The Hall–Kier alpha value is -3.69. The second-order valence-electron chi connectivity index (χ2n) is 8.11. The average Bonchev–Trinajstić information content (AvgIpc) is 3.51. The van der Waals surface area contributed by atoms with Crippen LogP contribution >= 0.6 is 0 Å². The molecule has 1 fully saturated rings. The van der Waals surface area contributed by atoms with E-state index in [1.54, 1.807) is 30.2 Å². The van der Waals surface area contributed by atoms with Crippen molar-refractivity contribution in [3.63, 3.8) is 0 Å². The van der Waals surface area contributed by atoms with Gasteiger partial charge in [0, 0.05) is 25.4 Å². The third kappa shape index (κ3) is 3.72. The number of aromatic amines is 1. The molecule has 8 nitrogen and oxygen atoms in total. The summed E-state index contributed by atoms with van der Waals surface area (Å²) in [4.78, 5) is 28.2. The molecule has 1 aromatic carbocycles. The number of imidazole rings is 1. The van der Waals surface area contributed by atoms with Gasteiger partial charge in [-0.15, -0.1) is 0 Å². The van der Waals surface area contributed by atoms with Gasteiger partial charge in [0.1, 0.15) is 23.5 Å². The summed E-state index contributed by atoms with van der Waals surface area (Å²) in [5.74, 6) is -0.715. The molecule has 5 rings (SSSR count). The van der Waals surface area contributed by atoms with Gasteiger partial charge in [-0.25, -0.2) is 23.7 Å². The normalized spacial score (nSPS) is 15.3. The molecule has 0 spiro atoms. The van der Waals surface area contributed by atoms with Crippen LogP contribution in [0.4, 0.5) is 8.78 Å². The highest BCUT2D eigenvalue weighted by atomic mass is 19.1. The molecule has 0 atom stereocenters. The topological polar surface area (TPSA) is 101 Å². The number of aromatic nitrogens is 6. The van der Waals surface area contributed by atoms with Crippen LogP contribution in [0.3, 0.4) is 0 Å². The van der Waals surface area contributed by atoms with E-state index in [1.165, 1.54) is 18.5 Å². The number of rotatable bonds is 5. The molecule has 1 aliphatic carbocycles. The third-order valence-corrected chi connectivity index (χ3v) is 5.77. The molecule has 0 bridgehead atoms. The summed E-state index contributed by atoms with van der Waals surface area (Å²) < 4.78 is 30.9. The van der Waals surface area contributed by atoms with Crippen molar-refractivity contribution < 1.29 is 13.6 Å². The second kappa shape index (κ2) is 7.77. The lowest BCUT2D eigenvalue weighted by atomic mass is 10.0. The van der Waals surface area contributed by atoms with Gasteiger partial charge in [0.25, 0.3) is 5.91 Å². The number of alkyl halides is 1. The number of carbonyl (C=O) groups excluding carboxylic acids is 1. The lowest BCUT2D eigenvalue weighted by Crippen LogP contribution is -2.24.